The summed E-state index contributed by atoms with van der Waals surface area (Å²) in [7, 11) is 0. The largest absolute Gasteiger partial charge is 0.481 e. The van der Waals surface area contributed by atoms with Crippen molar-refractivity contribution in [1.82, 2.24) is 10.2 Å². The molecule has 104 valence electrons. The Morgan fingerprint density at radius 3 is 2.61 bits per heavy atom. The zero-order valence-electron chi connectivity index (χ0n) is 11.6. The highest BCUT2D eigenvalue weighted by atomic mass is 16.4. The van der Waals surface area contributed by atoms with E-state index in [-0.39, 0.29) is 5.92 Å². The van der Waals surface area contributed by atoms with Crippen LogP contribution >= 0.6 is 0 Å². The van der Waals surface area contributed by atoms with Crippen molar-refractivity contribution in [1.29, 1.82) is 0 Å². The van der Waals surface area contributed by atoms with Crippen LogP contribution in [0.25, 0.3) is 0 Å². The Labute approximate surface area is 110 Å². The molecule has 0 bridgehead atoms. The Morgan fingerprint density at radius 1 is 1.39 bits per heavy atom. The molecular formula is C14H26N2O2. The number of nitrogens with one attached hydrogen (secondary N) is 1. The van der Waals surface area contributed by atoms with Crippen LogP contribution in [0.2, 0.25) is 0 Å². The molecule has 4 heteroatoms. The van der Waals surface area contributed by atoms with Crippen LogP contribution in [0.15, 0.2) is 0 Å². The van der Waals surface area contributed by atoms with Crippen LogP contribution in [0.1, 0.15) is 39.5 Å². The molecule has 0 aromatic carbocycles. The molecule has 1 aliphatic carbocycles. The molecule has 2 unspecified atom stereocenters. The summed E-state index contributed by atoms with van der Waals surface area (Å²) in [4.78, 5) is 13.7. The molecule has 0 amide bonds. The molecule has 4 nitrogen and oxygen atoms in total. The van der Waals surface area contributed by atoms with Crippen molar-refractivity contribution >= 4 is 5.97 Å². The van der Waals surface area contributed by atoms with Gasteiger partial charge in [-0.15, -0.1) is 0 Å². The van der Waals surface area contributed by atoms with E-state index in [1.807, 2.05) is 0 Å². The third-order valence-electron chi connectivity index (χ3n) is 4.23. The average Bonchev–Trinajstić information content (AvgIpc) is 2.23. The van der Waals surface area contributed by atoms with Gasteiger partial charge in [0.2, 0.25) is 0 Å². The van der Waals surface area contributed by atoms with E-state index in [9.17, 15) is 9.90 Å². The summed E-state index contributed by atoms with van der Waals surface area (Å²) in [6, 6.07) is 0.998. The normalized spacial score (nSPS) is 30.4. The molecule has 1 heterocycles. The molecule has 1 aliphatic heterocycles. The first kappa shape index (κ1) is 13.8. The van der Waals surface area contributed by atoms with Gasteiger partial charge in [-0.1, -0.05) is 20.3 Å². The minimum absolute atomic E-state index is 0.191. The standard InChI is InChI=1S/C14H26N2O2/c1-10(2)7-15-12-6-11(14(17)18)8-16(9-12)13-4-3-5-13/h10-13,15H,3-9H2,1-2H3,(H,17,18). The summed E-state index contributed by atoms with van der Waals surface area (Å²) in [5.41, 5.74) is 0. The molecule has 0 spiro atoms. The number of hydrogen-bond donors (Lipinski definition) is 2. The average molecular weight is 254 g/mol. The molecule has 1 saturated heterocycles. The maximum atomic E-state index is 11.3. The highest BCUT2D eigenvalue weighted by molar-refractivity contribution is 5.70. The number of carboxylic acids is 1. The van der Waals surface area contributed by atoms with Gasteiger partial charge in [0, 0.05) is 25.2 Å². The Hall–Kier alpha value is -0.610. The number of piperidine rings is 1. The summed E-state index contributed by atoms with van der Waals surface area (Å²) < 4.78 is 0. The first-order chi connectivity index (χ1) is 8.56. The number of hydrogen-bond acceptors (Lipinski definition) is 3. The summed E-state index contributed by atoms with van der Waals surface area (Å²) in [6.07, 6.45) is 4.60. The van der Waals surface area contributed by atoms with Crippen LogP contribution in [0.5, 0.6) is 0 Å². The number of carboxylic acid groups (broad SMARTS) is 1. The fraction of sp³-hybridized carbons (Fsp3) is 0.929. The Balaban J connectivity index is 1.90. The smallest absolute Gasteiger partial charge is 0.307 e. The zero-order chi connectivity index (χ0) is 13.1. The molecule has 2 fully saturated rings. The molecule has 2 atom stereocenters. The van der Waals surface area contributed by atoms with Gasteiger partial charge in [0.25, 0.3) is 0 Å². The molecule has 2 rings (SSSR count). The highest BCUT2D eigenvalue weighted by Crippen LogP contribution is 2.29. The van der Waals surface area contributed by atoms with Gasteiger partial charge in [-0.25, -0.2) is 0 Å². The van der Waals surface area contributed by atoms with E-state index in [4.69, 9.17) is 0 Å². The molecule has 0 aromatic heterocycles. The summed E-state index contributed by atoms with van der Waals surface area (Å²) >= 11 is 0. The molecule has 2 N–H and O–H groups in total. The van der Waals surface area contributed by atoms with E-state index >= 15 is 0 Å². The van der Waals surface area contributed by atoms with E-state index in [1.54, 1.807) is 0 Å². The van der Waals surface area contributed by atoms with Crippen molar-refractivity contribution in [2.75, 3.05) is 19.6 Å². The number of carbonyl (C=O) groups is 1. The number of rotatable bonds is 5. The predicted molar refractivity (Wildman–Crippen MR) is 71.6 cm³/mol. The maximum Gasteiger partial charge on any atom is 0.307 e. The van der Waals surface area contributed by atoms with E-state index in [2.05, 4.69) is 24.1 Å². The minimum Gasteiger partial charge on any atom is -0.481 e. The Kier molecular flexibility index (Phi) is 4.62. The van der Waals surface area contributed by atoms with Crippen LogP contribution in [-0.4, -0.2) is 47.7 Å². The fourth-order valence-corrected chi connectivity index (χ4v) is 2.91. The lowest BCUT2D eigenvalue weighted by molar-refractivity contribution is -0.144. The first-order valence-electron chi connectivity index (χ1n) is 7.26. The van der Waals surface area contributed by atoms with Crippen molar-refractivity contribution in [2.24, 2.45) is 11.8 Å². The van der Waals surface area contributed by atoms with Gasteiger partial charge < -0.3 is 10.4 Å². The topological polar surface area (TPSA) is 52.6 Å². The van der Waals surface area contributed by atoms with Crippen LogP contribution in [0.4, 0.5) is 0 Å². The molecular weight excluding hydrogens is 228 g/mol. The zero-order valence-corrected chi connectivity index (χ0v) is 11.6. The van der Waals surface area contributed by atoms with Gasteiger partial charge in [0.15, 0.2) is 0 Å². The molecule has 0 aromatic rings. The van der Waals surface area contributed by atoms with Gasteiger partial charge in [-0.05, 0) is 31.7 Å². The number of nitrogens with zero attached hydrogens (tertiary/aromatic N) is 1. The Bertz CT molecular complexity index is 290. The van der Waals surface area contributed by atoms with Crippen molar-refractivity contribution in [3.8, 4) is 0 Å². The second kappa shape index (κ2) is 6.02. The van der Waals surface area contributed by atoms with Crippen molar-refractivity contribution in [3.63, 3.8) is 0 Å². The lowest BCUT2D eigenvalue weighted by Crippen LogP contribution is -2.55. The van der Waals surface area contributed by atoms with E-state index in [0.717, 1.165) is 26.1 Å². The molecule has 18 heavy (non-hydrogen) atoms. The summed E-state index contributed by atoms with van der Waals surface area (Å²) in [6.45, 7) is 7.14. The van der Waals surface area contributed by atoms with Crippen LogP contribution in [0, 0.1) is 11.8 Å². The Morgan fingerprint density at radius 2 is 2.11 bits per heavy atom. The van der Waals surface area contributed by atoms with Crippen molar-refractivity contribution in [2.45, 2.75) is 51.6 Å². The lowest BCUT2D eigenvalue weighted by atomic mass is 9.86. The van der Waals surface area contributed by atoms with E-state index in [0.29, 0.717) is 18.0 Å². The minimum atomic E-state index is -0.629. The van der Waals surface area contributed by atoms with Crippen LogP contribution < -0.4 is 5.32 Å². The first-order valence-corrected chi connectivity index (χ1v) is 7.26. The molecule has 0 radical (unpaired) electrons. The van der Waals surface area contributed by atoms with Crippen molar-refractivity contribution < 1.29 is 9.90 Å². The van der Waals surface area contributed by atoms with E-state index in [1.165, 1.54) is 19.3 Å². The van der Waals surface area contributed by atoms with Gasteiger partial charge >= 0.3 is 5.97 Å². The van der Waals surface area contributed by atoms with Gasteiger partial charge in [-0.2, -0.15) is 0 Å². The monoisotopic (exact) mass is 254 g/mol. The van der Waals surface area contributed by atoms with Crippen LogP contribution in [-0.2, 0) is 4.79 Å². The van der Waals surface area contributed by atoms with Gasteiger partial charge in [-0.3, -0.25) is 9.69 Å². The quantitative estimate of drug-likeness (QED) is 0.782. The fourth-order valence-electron chi connectivity index (χ4n) is 2.91. The summed E-state index contributed by atoms with van der Waals surface area (Å²) in [5.74, 6) is -0.202. The molecule has 1 saturated carbocycles. The van der Waals surface area contributed by atoms with Crippen molar-refractivity contribution in [3.05, 3.63) is 0 Å². The van der Waals surface area contributed by atoms with E-state index < -0.39 is 5.97 Å². The number of aliphatic carboxylic acids is 1. The second-order valence-electron chi connectivity index (χ2n) is 6.31. The third kappa shape index (κ3) is 3.45. The summed E-state index contributed by atoms with van der Waals surface area (Å²) in [5, 5.41) is 12.8. The van der Waals surface area contributed by atoms with Gasteiger partial charge in [0.05, 0.1) is 5.92 Å². The molecule has 2 aliphatic rings. The second-order valence-corrected chi connectivity index (χ2v) is 6.31. The maximum absolute atomic E-state index is 11.3. The number of likely N-dealkylation sites (tertiary alicyclic amines) is 1. The van der Waals surface area contributed by atoms with Gasteiger partial charge in [0.1, 0.15) is 0 Å². The SMILES string of the molecule is CC(C)CNC1CC(C(=O)O)CN(C2CCC2)C1. The third-order valence-corrected chi connectivity index (χ3v) is 4.23. The van der Waals surface area contributed by atoms with Crippen LogP contribution in [0.3, 0.4) is 0 Å². The highest BCUT2D eigenvalue weighted by Gasteiger charge is 2.36. The predicted octanol–water partition coefficient (Wildman–Crippen LogP) is 1.56. The lowest BCUT2D eigenvalue weighted by Gasteiger charge is -2.44.